The van der Waals surface area contributed by atoms with Crippen LogP contribution in [0, 0.1) is 5.82 Å². The number of carbonyl (C=O) groups is 1. The minimum absolute atomic E-state index is 0.0120. The maximum absolute atomic E-state index is 13.2. The molecule has 1 aliphatic rings. The summed E-state index contributed by atoms with van der Waals surface area (Å²) in [6.07, 6.45) is 3.32. The molecule has 3 rings (SSSR count). The molecule has 0 spiro atoms. The van der Waals surface area contributed by atoms with Crippen LogP contribution < -0.4 is 0 Å². The number of aliphatic hydroxyl groups is 1. The second kappa shape index (κ2) is 7.58. The molecule has 4 heteroatoms. The molecule has 0 aliphatic carbocycles. The van der Waals surface area contributed by atoms with Gasteiger partial charge in [0.25, 0.3) is 5.91 Å². The standard InChI is InChI=1S/C22H26FNO2/c1-22(2,26)14-13-16-5-7-18(8-6-16)21(25)24-15-3-4-20(24)17-9-11-19(23)12-10-17/h5-12,20,26H,3-4,13-15H2,1-2H3/t20-/m1/s1. The Morgan fingerprint density at radius 3 is 2.42 bits per heavy atom. The van der Waals surface area contributed by atoms with Crippen LogP contribution >= 0.6 is 0 Å². The second-order valence-corrected chi connectivity index (χ2v) is 7.72. The average molecular weight is 355 g/mol. The third-order valence-corrected chi connectivity index (χ3v) is 4.99. The number of halogens is 1. The van der Waals surface area contributed by atoms with E-state index in [0.29, 0.717) is 12.0 Å². The second-order valence-electron chi connectivity index (χ2n) is 7.72. The highest BCUT2D eigenvalue weighted by molar-refractivity contribution is 5.94. The molecule has 0 radical (unpaired) electrons. The van der Waals surface area contributed by atoms with E-state index in [0.717, 1.165) is 36.9 Å². The summed E-state index contributed by atoms with van der Waals surface area (Å²) in [4.78, 5) is 14.8. The van der Waals surface area contributed by atoms with Crippen molar-refractivity contribution in [1.82, 2.24) is 4.90 Å². The Balaban J connectivity index is 1.70. The van der Waals surface area contributed by atoms with Gasteiger partial charge in [0.15, 0.2) is 0 Å². The van der Waals surface area contributed by atoms with Crippen molar-refractivity contribution in [2.24, 2.45) is 0 Å². The van der Waals surface area contributed by atoms with Crippen molar-refractivity contribution in [3.8, 4) is 0 Å². The minimum atomic E-state index is -0.688. The number of hydrogen-bond acceptors (Lipinski definition) is 2. The first-order chi connectivity index (χ1) is 12.3. The smallest absolute Gasteiger partial charge is 0.254 e. The summed E-state index contributed by atoms with van der Waals surface area (Å²) in [5, 5.41) is 9.84. The van der Waals surface area contributed by atoms with Crippen molar-refractivity contribution in [3.05, 3.63) is 71.0 Å². The maximum atomic E-state index is 13.2. The molecule has 1 N–H and O–H groups in total. The molecule has 1 saturated heterocycles. The molecule has 2 aromatic rings. The predicted molar refractivity (Wildman–Crippen MR) is 100 cm³/mol. The summed E-state index contributed by atoms with van der Waals surface area (Å²) >= 11 is 0. The Morgan fingerprint density at radius 1 is 1.15 bits per heavy atom. The van der Waals surface area contributed by atoms with Gasteiger partial charge in [0.05, 0.1) is 11.6 Å². The summed E-state index contributed by atoms with van der Waals surface area (Å²) < 4.78 is 13.2. The van der Waals surface area contributed by atoms with Gasteiger partial charge in [-0.3, -0.25) is 4.79 Å². The number of hydrogen-bond donors (Lipinski definition) is 1. The van der Waals surface area contributed by atoms with Crippen molar-refractivity contribution < 1.29 is 14.3 Å². The highest BCUT2D eigenvalue weighted by Gasteiger charge is 2.30. The molecule has 0 saturated carbocycles. The average Bonchev–Trinajstić information content (AvgIpc) is 3.09. The van der Waals surface area contributed by atoms with E-state index in [1.165, 1.54) is 12.1 Å². The zero-order chi connectivity index (χ0) is 18.7. The van der Waals surface area contributed by atoms with Gasteiger partial charge in [-0.15, -0.1) is 0 Å². The highest BCUT2D eigenvalue weighted by atomic mass is 19.1. The fourth-order valence-electron chi connectivity index (χ4n) is 3.47. The molecule has 26 heavy (non-hydrogen) atoms. The zero-order valence-electron chi connectivity index (χ0n) is 15.4. The lowest BCUT2D eigenvalue weighted by atomic mass is 9.98. The Hall–Kier alpha value is -2.20. The van der Waals surface area contributed by atoms with Crippen LogP contribution in [0.5, 0.6) is 0 Å². The molecular formula is C22H26FNO2. The van der Waals surface area contributed by atoms with E-state index >= 15 is 0 Å². The van der Waals surface area contributed by atoms with E-state index in [4.69, 9.17) is 0 Å². The first-order valence-electron chi connectivity index (χ1n) is 9.21. The van der Waals surface area contributed by atoms with Gasteiger partial charge >= 0.3 is 0 Å². The van der Waals surface area contributed by atoms with Crippen molar-refractivity contribution in [2.75, 3.05) is 6.54 Å². The van der Waals surface area contributed by atoms with E-state index in [-0.39, 0.29) is 17.8 Å². The highest BCUT2D eigenvalue weighted by Crippen LogP contribution is 2.33. The molecule has 138 valence electrons. The van der Waals surface area contributed by atoms with Gasteiger partial charge in [-0.05, 0) is 74.9 Å². The largest absolute Gasteiger partial charge is 0.390 e. The minimum Gasteiger partial charge on any atom is -0.390 e. The van der Waals surface area contributed by atoms with Gasteiger partial charge in [0.2, 0.25) is 0 Å². The van der Waals surface area contributed by atoms with Crippen LogP contribution in [0.4, 0.5) is 4.39 Å². The Bertz CT molecular complexity index is 747. The van der Waals surface area contributed by atoms with Gasteiger partial charge in [0.1, 0.15) is 5.82 Å². The molecule has 1 aliphatic heterocycles. The molecule has 0 unspecified atom stereocenters. The summed E-state index contributed by atoms with van der Waals surface area (Å²) in [7, 11) is 0. The number of likely N-dealkylation sites (tertiary alicyclic amines) is 1. The topological polar surface area (TPSA) is 40.5 Å². The van der Waals surface area contributed by atoms with Crippen molar-refractivity contribution in [2.45, 2.75) is 51.2 Å². The first-order valence-corrected chi connectivity index (χ1v) is 9.21. The monoisotopic (exact) mass is 355 g/mol. The number of aryl methyl sites for hydroxylation is 1. The number of rotatable bonds is 5. The maximum Gasteiger partial charge on any atom is 0.254 e. The summed E-state index contributed by atoms with van der Waals surface area (Å²) in [5.74, 6) is -0.239. The van der Waals surface area contributed by atoms with Gasteiger partial charge in [-0.1, -0.05) is 24.3 Å². The molecule has 0 bridgehead atoms. The quantitative estimate of drug-likeness (QED) is 0.857. The fraction of sp³-hybridized carbons (Fsp3) is 0.409. The molecular weight excluding hydrogens is 329 g/mol. The lowest BCUT2D eigenvalue weighted by molar-refractivity contribution is 0.0710. The first kappa shape index (κ1) is 18.6. The SMILES string of the molecule is CC(C)(O)CCc1ccc(C(=O)N2CCC[C@@H]2c2ccc(F)cc2)cc1. The van der Waals surface area contributed by atoms with Gasteiger partial charge in [-0.25, -0.2) is 4.39 Å². The lowest BCUT2D eigenvalue weighted by Crippen LogP contribution is -2.30. The van der Waals surface area contributed by atoms with E-state index < -0.39 is 5.60 Å². The Morgan fingerprint density at radius 2 is 1.81 bits per heavy atom. The van der Waals surface area contributed by atoms with Crippen LogP contribution in [-0.2, 0) is 6.42 Å². The van der Waals surface area contributed by atoms with Crippen LogP contribution in [0.15, 0.2) is 48.5 Å². The van der Waals surface area contributed by atoms with E-state index in [1.807, 2.05) is 29.2 Å². The van der Waals surface area contributed by atoms with Crippen LogP contribution in [0.1, 0.15) is 60.6 Å². The molecule has 1 heterocycles. The zero-order valence-corrected chi connectivity index (χ0v) is 15.4. The Kier molecular flexibility index (Phi) is 5.42. The molecule has 0 aromatic heterocycles. The molecule has 1 fully saturated rings. The van der Waals surface area contributed by atoms with Crippen LogP contribution in [-0.4, -0.2) is 28.1 Å². The number of benzene rings is 2. The summed E-state index contributed by atoms with van der Waals surface area (Å²) in [5.41, 5.74) is 2.08. The third-order valence-electron chi connectivity index (χ3n) is 4.99. The lowest BCUT2D eigenvalue weighted by Gasteiger charge is -2.25. The third kappa shape index (κ3) is 4.50. The molecule has 2 aromatic carbocycles. The van der Waals surface area contributed by atoms with Crippen molar-refractivity contribution in [1.29, 1.82) is 0 Å². The molecule has 1 amide bonds. The van der Waals surface area contributed by atoms with Gasteiger partial charge < -0.3 is 10.0 Å². The van der Waals surface area contributed by atoms with Crippen molar-refractivity contribution in [3.63, 3.8) is 0 Å². The summed E-state index contributed by atoms with van der Waals surface area (Å²) in [6, 6.07) is 14.1. The molecule has 3 nitrogen and oxygen atoms in total. The normalized spacial score (nSPS) is 17.5. The predicted octanol–water partition coefficient (Wildman–Crippen LogP) is 4.51. The fourth-order valence-corrected chi connectivity index (χ4v) is 3.47. The van der Waals surface area contributed by atoms with Crippen LogP contribution in [0.3, 0.4) is 0 Å². The van der Waals surface area contributed by atoms with Crippen molar-refractivity contribution >= 4 is 5.91 Å². The number of amides is 1. The van der Waals surface area contributed by atoms with Crippen LogP contribution in [0.25, 0.3) is 0 Å². The van der Waals surface area contributed by atoms with E-state index in [1.54, 1.807) is 26.0 Å². The van der Waals surface area contributed by atoms with Crippen LogP contribution in [0.2, 0.25) is 0 Å². The van der Waals surface area contributed by atoms with E-state index in [9.17, 15) is 14.3 Å². The number of carbonyl (C=O) groups excluding carboxylic acids is 1. The Labute approximate surface area is 154 Å². The number of nitrogens with zero attached hydrogens (tertiary/aromatic N) is 1. The molecule has 1 atom stereocenters. The van der Waals surface area contributed by atoms with E-state index in [2.05, 4.69) is 0 Å². The van der Waals surface area contributed by atoms with Gasteiger partial charge in [0, 0.05) is 12.1 Å². The summed E-state index contributed by atoms with van der Waals surface area (Å²) in [6.45, 7) is 4.32. The van der Waals surface area contributed by atoms with Gasteiger partial charge in [-0.2, -0.15) is 0 Å².